The van der Waals surface area contributed by atoms with Gasteiger partial charge in [0.25, 0.3) is 0 Å². The van der Waals surface area contributed by atoms with Crippen molar-refractivity contribution in [3.8, 4) is 0 Å². The van der Waals surface area contributed by atoms with Gasteiger partial charge in [0.15, 0.2) is 0 Å². The third-order valence-electron chi connectivity index (χ3n) is 2.36. The van der Waals surface area contributed by atoms with Crippen LogP contribution in [0, 0.1) is 6.92 Å². The largest absolute Gasteiger partial charge is 0.389 e. The van der Waals surface area contributed by atoms with Gasteiger partial charge in [0.2, 0.25) is 0 Å². The minimum Gasteiger partial charge on any atom is -0.324 e. The van der Waals surface area contributed by atoms with Crippen LogP contribution in [0.3, 0.4) is 0 Å². The molecule has 0 heterocycles. The highest BCUT2D eigenvalue weighted by atomic mass is 79.9. The van der Waals surface area contributed by atoms with E-state index >= 15 is 0 Å². The van der Waals surface area contributed by atoms with Crippen LogP contribution in [-0.2, 0) is 0 Å². The van der Waals surface area contributed by atoms with Gasteiger partial charge in [0.1, 0.15) is 0 Å². The molecule has 0 spiro atoms. The minimum absolute atomic E-state index is 0. The van der Waals surface area contributed by atoms with Gasteiger partial charge in [-0.15, -0.1) is 12.4 Å². The smallest absolute Gasteiger partial charge is 0.324 e. The summed E-state index contributed by atoms with van der Waals surface area (Å²) in [4.78, 5) is 0. The zero-order valence-corrected chi connectivity index (χ0v) is 11.6. The molecule has 0 radical (unpaired) electrons. The van der Waals surface area contributed by atoms with Crippen LogP contribution < -0.4 is 5.73 Å². The molecule has 17 heavy (non-hydrogen) atoms. The molecule has 0 aliphatic heterocycles. The maximum atomic E-state index is 12.0. The van der Waals surface area contributed by atoms with Crippen molar-refractivity contribution in [1.82, 2.24) is 0 Å². The molecular formula is C11H14BrClF3N. The summed E-state index contributed by atoms with van der Waals surface area (Å²) in [6.45, 7) is 1.91. The first-order valence-corrected chi connectivity index (χ1v) is 5.67. The van der Waals surface area contributed by atoms with Crippen LogP contribution in [0.2, 0.25) is 0 Å². The average molecular weight is 333 g/mol. The summed E-state index contributed by atoms with van der Waals surface area (Å²) in [7, 11) is 0. The molecule has 1 aromatic carbocycles. The van der Waals surface area contributed by atoms with E-state index in [4.69, 9.17) is 5.73 Å². The number of aryl methyl sites for hydroxylation is 1. The van der Waals surface area contributed by atoms with Gasteiger partial charge >= 0.3 is 6.18 Å². The summed E-state index contributed by atoms with van der Waals surface area (Å²) in [5.74, 6) is 0. The van der Waals surface area contributed by atoms with Crippen LogP contribution in [0.5, 0.6) is 0 Å². The molecule has 0 amide bonds. The van der Waals surface area contributed by atoms with E-state index in [-0.39, 0.29) is 18.8 Å². The Labute approximate surface area is 113 Å². The predicted molar refractivity (Wildman–Crippen MR) is 68.3 cm³/mol. The van der Waals surface area contributed by atoms with Gasteiger partial charge in [-0.05, 0) is 30.5 Å². The fourth-order valence-electron chi connectivity index (χ4n) is 1.33. The quantitative estimate of drug-likeness (QED) is 0.865. The van der Waals surface area contributed by atoms with Gasteiger partial charge in [-0.2, -0.15) is 13.2 Å². The standard InChI is InChI=1S/C11H13BrF3N.ClH/c1-7-2-3-8(6-9(7)12)10(16)4-5-11(13,14)15;/h2-3,6,10H,4-5,16H2,1H3;1H/t10-;/m0./s1. The van der Waals surface area contributed by atoms with E-state index in [9.17, 15) is 13.2 Å². The molecule has 0 aliphatic carbocycles. The van der Waals surface area contributed by atoms with Crippen molar-refractivity contribution < 1.29 is 13.2 Å². The molecule has 0 bridgehead atoms. The van der Waals surface area contributed by atoms with E-state index in [1.165, 1.54) is 0 Å². The van der Waals surface area contributed by atoms with Crippen molar-refractivity contribution in [2.24, 2.45) is 5.73 Å². The lowest BCUT2D eigenvalue weighted by molar-refractivity contribution is -0.136. The van der Waals surface area contributed by atoms with Gasteiger partial charge in [0, 0.05) is 16.9 Å². The number of rotatable bonds is 3. The molecule has 1 rings (SSSR count). The van der Waals surface area contributed by atoms with E-state index in [1.807, 2.05) is 13.0 Å². The van der Waals surface area contributed by atoms with Crippen LogP contribution in [-0.4, -0.2) is 6.18 Å². The third kappa shape index (κ3) is 5.75. The Morgan fingerprint density at radius 3 is 2.41 bits per heavy atom. The molecule has 0 saturated heterocycles. The number of hydrogen-bond donors (Lipinski definition) is 1. The Kier molecular flexibility index (Phi) is 6.51. The van der Waals surface area contributed by atoms with Crippen molar-refractivity contribution in [3.05, 3.63) is 33.8 Å². The second-order valence-corrected chi connectivity index (χ2v) is 4.62. The van der Waals surface area contributed by atoms with Crippen molar-refractivity contribution >= 4 is 28.3 Å². The second kappa shape index (κ2) is 6.61. The van der Waals surface area contributed by atoms with Crippen LogP contribution in [0.4, 0.5) is 13.2 Å². The van der Waals surface area contributed by atoms with Gasteiger partial charge in [0.05, 0.1) is 0 Å². The molecule has 0 aromatic heterocycles. The van der Waals surface area contributed by atoms with Crippen molar-refractivity contribution in [3.63, 3.8) is 0 Å². The van der Waals surface area contributed by atoms with E-state index < -0.39 is 18.6 Å². The lowest BCUT2D eigenvalue weighted by atomic mass is 10.0. The van der Waals surface area contributed by atoms with E-state index in [0.717, 1.165) is 15.6 Å². The zero-order chi connectivity index (χ0) is 12.3. The van der Waals surface area contributed by atoms with Crippen molar-refractivity contribution in [2.75, 3.05) is 0 Å². The summed E-state index contributed by atoms with van der Waals surface area (Å²) < 4.78 is 36.9. The SMILES string of the molecule is Cc1ccc([C@@H](N)CCC(F)(F)F)cc1Br.Cl. The topological polar surface area (TPSA) is 26.0 Å². The number of halogens is 5. The second-order valence-electron chi connectivity index (χ2n) is 3.77. The van der Waals surface area contributed by atoms with Crippen molar-refractivity contribution in [1.29, 1.82) is 0 Å². The maximum Gasteiger partial charge on any atom is 0.389 e. The van der Waals surface area contributed by atoms with Gasteiger partial charge in [-0.25, -0.2) is 0 Å². The Morgan fingerprint density at radius 2 is 1.94 bits per heavy atom. The van der Waals surface area contributed by atoms with Crippen LogP contribution in [0.1, 0.15) is 30.0 Å². The first kappa shape index (κ1) is 16.7. The van der Waals surface area contributed by atoms with Crippen molar-refractivity contribution in [2.45, 2.75) is 32.0 Å². The molecule has 2 N–H and O–H groups in total. The Bertz CT molecular complexity index is 368. The minimum atomic E-state index is -4.14. The van der Waals surface area contributed by atoms with Crippen LogP contribution in [0.15, 0.2) is 22.7 Å². The Hall–Kier alpha value is -0.260. The molecule has 0 unspecified atom stereocenters. The summed E-state index contributed by atoms with van der Waals surface area (Å²) in [5.41, 5.74) is 7.46. The molecular weight excluding hydrogens is 318 g/mol. The summed E-state index contributed by atoms with van der Waals surface area (Å²) in [6, 6.07) is 4.81. The molecule has 0 aliphatic rings. The number of nitrogens with two attached hydrogens (primary N) is 1. The summed E-state index contributed by atoms with van der Waals surface area (Å²) in [6.07, 6.45) is -5.07. The summed E-state index contributed by atoms with van der Waals surface area (Å²) >= 11 is 3.33. The first-order valence-electron chi connectivity index (χ1n) is 4.88. The lowest BCUT2D eigenvalue weighted by Crippen LogP contribution is -2.15. The average Bonchev–Trinajstić information content (AvgIpc) is 2.17. The fraction of sp³-hybridized carbons (Fsp3) is 0.455. The predicted octanol–water partition coefficient (Wildman–Crippen LogP) is 4.52. The van der Waals surface area contributed by atoms with Gasteiger partial charge in [-0.1, -0.05) is 28.1 Å². The molecule has 6 heteroatoms. The molecule has 98 valence electrons. The lowest BCUT2D eigenvalue weighted by Gasteiger charge is -2.14. The van der Waals surface area contributed by atoms with E-state index in [0.29, 0.717) is 0 Å². The van der Waals surface area contributed by atoms with Crippen LogP contribution in [0.25, 0.3) is 0 Å². The fourth-order valence-corrected chi connectivity index (χ4v) is 1.72. The highest BCUT2D eigenvalue weighted by Crippen LogP contribution is 2.28. The van der Waals surface area contributed by atoms with Gasteiger partial charge in [-0.3, -0.25) is 0 Å². The van der Waals surface area contributed by atoms with E-state index in [1.54, 1.807) is 12.1 Å². The Morgan fingerprint density at radius 1 is 1.35 bits per heavy atom. The third-order valence-corrected chi connectivity index (χ3v) is 3.22. The number of alkyl halides is 3. The molecule has 0 fully saturated rings. The first-order chi connectivity index (χ1) is 7.29. The number of hydrogen-bond acceptors (Lipinski definition) is 1. The monoisotopic (exact) mass is 331 g/mol. The Balaban J connectivity index is 0.00000256. The molecule has 0 saturated carbocycles. The molecule has 1 aromatic rings. The summed E-state index contributed by atoms with van der Waals surface area (Å²) in [5, 5.41) is 0. The normalized spacial score (nSPS) is 13.1. The maximum absolute atomic E-state index is 12.0. The van der Waals surface area contributed by atoms with Crippen LogP contribution >= 0.6 is 28.3 Å². The van der Waals surface area contributed by atoms with Gasteiger partial charge < -0.3 is 5.73 Å². The highest BCUT2D eigenvalue weighted by Gasteiger charge is 2.27. The zero-order valence-electron chi connectivity index (χ0n) is 9.22. The van der Waals surface area contributed by atoms with E-state index in [2.05, 4.69) is 15.9 Å². The number of benzene rings is 1. The highest BCUT2D eigenvalue weighted by molar-refractivity contribution is 9.10. The molecule has 1 atom stereocenters. The molecule has 1 nitrogen and oxygen atoms in total.